The molecule has 16 rings (SSSR count). The Morgan fingerprint density at radius 3 is 0.938 bits per heavy atom. The number of hydrogen-bond acceptors (Lipinski definition) is 18. The van der Waals surface area contributed by atoms with Crippen LogP contribution in [0, 0.1) is 0 Å². The lowest BCUT2D eigenvalue weighted by Gasteiger charge is -2.15. The van der Waals surface area contributed by atoms with Gasteiger partial charge >= 0.3 is 6.11 Å². The van der Waals surface area contributed by atoms with E-state index in [1.165, 1.54) is 6.07 Å². The molecule has 0 amide bonds. The maximum Gasteiger partial charge on any atom is 0.394 e. The van der Waals surface area contributed by atoms with Crippen molar-refractivity contribution < 1.29 is 57.6 Å². The molecule has 4 aromatic carbocycles. The van der Waals surface area contributed by atoms with Crippen LogP contribution in [0.2, 0.25) is 5.02 Å². The lowest BCUT2D eigenvalue weighted by molar-refractivity contribution is -0.159. The smallest absolute Gasteiger partial charge is 0.394 e. The van der Waals surface area contributed by atoms with Gasteiger partial charge in [0.15, 0.2) is 0 Å². The SMILES string of the molecule is COc1ccc(-c2c(CO)n(Cc3cccc(Br)c3)c3ncccc23)cn1.COc1ccc(-c2c(CO)n(Cc3cccc(Cl)c3)c3ncccc23)cn1.COc1ccc(-c2c(CO)n(Cc3cccc(OC(C)(F)F)c3)c3ncccc23)cn1.COc1cccc(Cn2c(CO)c(-c3ccc(OC)nc3)c3cccnc32)c1. The lowest BCUT2D eigenvalue weighted by Crippen LogP contribution is -2.19. The van der Waals surface area contributed by atoms with Crippen molar-refractivity contribution in [1.29, 1.82) is 0 Å². The maximum absolute atomic E-state index is 13.3. The fourth-order valence-corrected chi connectivity index (χ4v) is 14.5. The average molecular weight is 1610 g/mol. The minimum atomic E-state index is -3.27. The molecule has 0 aliphatic carbocycles. The van der Waals surface area contributed by atoms with E-state index in [1.807, 2.05) is 171 Å². The normalized spacial score (nSPS) is 11.2. The van der Waals surface area contributed by atoms with Crippen LogP contribution >= 0.6 is 27.5 Å². The maximum atomic E-state index is 13.3. The third-order valence-corrected chi connectivity index (χ3v) is 19.4. The number of aromatic nitrogens is 12. The van der Waals surface area contributed by atoms with E-state index in [1.54, 1.807) is 103 Å². The summed E-state index contributed by atoms with van der Waals surface area (Å²) < 4.78 is 66.2. The van der Waals surface area contributed by atoms with Crippen LogP contribution in [-0.2, 0) is 52.6 Å². The molecule has 0 aliphatic rings. The molecule has 0 spiro atoms. The van der Waals surface area contributed by atoms with Crippen LogP contribution in [0.15, 0.2) is 248 Å². The molecule has 0 saturated carbocycles. The Kier molecular flexibility index (Phi) is 25.1. The van der Waals surface area contributed by atoms with Crippen molar-refractivity contribution in [1.82, 2.24) is 58.1 Å². The van der Waals surface area contributed by atoms with E-state index in [2.05, 4.69) is 72.5 Å². The molecular formula is C87H78BrClF2N12O10. The van der Waals surface area contributed by atoms with Gasteiger partial charge in [0.2, 0.25) is 23.5 Å². The van der Waals surface area contributed by atoms with Gasteiger partial charge in [-0.25, -0.2) is 39.9 Å². The van der Waals surface area contributed by atoms with Crippen LogP contribution in [0.5, 0.6) is 35.0 Å². The van der Waals surface area contributed by atoms with E-state index in [-0.39, 0.29) is 32.2 Å². The Balaban J connectivity index is 0.000000132. The first kappa shape index (κ1) is 78.6. The number of aliphatic hydroxyl groups is 4. The van der Waals surface area contributed by atoms with Gasteiger partial charge in [-0.3, -0.25) is 0 Å². The Hall–Kier alpha value is -12.5. The monoisotopic (exact) mass is 1600 g/mol. The van der Waals surface area contributed by atoms with Gasteiger partial charge in [-0.2, -0.15) is 8.78 Å². The second-order valence-electron chi connectivity index (χ2n) is 25.8. The van der Waals surface area contributed by atoms with Crippen molar-refractivity contribution in [2.45, 2.75) is 65.6 Å². The Morgan fingerprint density at radius 1 is 0.354 bits per heavy atom. The largest absolute Gasteiger partial charge is 0.497 e. The number of nitrogens with zero attached hydrogens (tertiary/aromatic N) is 12. The quantitative estimate of drug-likeness (QED) is 0.0464. The summed E-state index contributed by atoms with van der Waals surface area (Å²) in [6, 6.07) is 60.7. The highest BCUT2D eigenvalue weighted by molar-refractivity contribution is 9.10. The standard InChI is InChI=1S/C23H21F2N3O3.C22H21N3O3.C21H18BrN3O2.C21H18ClN3O2/c1-23(24,25)31-17-6-3-5-15(11-17)13-28-19(14-29)21(18-7-4-10-26-22(18)28)16-8-9-20(30-2)27-12-16;1-27-17-6-3-5-15(11-17)13-25-19(14-26)21(18-7-4-10-23-22(18)25)16-8-9-20(28-2)24-12-16;2*1-27-19-8-7-15(11-24-19)20-17-6-3-9-23-21(17)25(18(20)13-26)12-14-4-2-5-16(22)10-14/h3-12,29H,13-14H2,1-2H3;3-12,26H,13-14H2,1-2H3;2*2-11,26H,12-13H2,1H3. The lowest BCUT2D eigenvalue weighted by atomic mass is 10.0. The number of hydrogen-bond donors (Lipinski definition) is 4. The summed E-state index contributed by atoms with van der Waals surface area (Å²) in [5.41, 5.74) is 17.3. The predicted octanol–water partition coefficient (Wildman–Crippen LogP) is 17.0. The van der Waals surface area contributed by atoms with E-state index in [4.69, 9.17) is 40.0 Å². The zero-order chi connectivity index (χ0) is 79.1. The predicted molar refractivity (Wildman–Crippen MR) is 434 cm³/mol. The molecule has 4 N–H and O–H groups in total. The summed E-state index contributed by atoms with van der Waals surface area (Å²) in [4.78, 5) is 35.5. The average Bonchev–Trinajstić information content (AvgIpc) is 1.63. The topological polar surface area (TPSA) is 259 Å². The van der Waals surface area contributed by atoms with Gasteiger partial charge in [-0.15, -0.1) is 0 Å². The highest BCUT2D eigenvalue weighted by atomic mass is 79.9. The number of aliphatic hydroxyl groups excluding tert-OH is 4. The summed E-state index contributed by atoms with van der Waals surface area (Å²) >= 11 is 9.66. The van der Waals surface area contributed by atoms with Gasteiger partial charge in [-0.05, 0) is 144 Å². The van der Waals surface area contributed by atoms with Crippen molar-refractivity contribution in [3.05, 3.63) is 298 Å². The molecule has 113 heavy (non-hydrogen) atoms. The fourth-order valence-electron chi connectivity index (χ4n) is 13.8. The molecule has 0 bridgehead atoms. The number of halogens is 4. The van der Waals surface area contributed by atoms with Gasteiger partial charge in [0, 0.05) is 182 Å². The molecule has 12 aromatic heterocycles. The van der Waals surface area contributed by atoms with Gasteiger partial charge in [0.25, 0.3) is 0 Å². The number of methoxy groups -OCH3 is 5. The molecule has 26 heteroatoms. The fraction of sp³-hybridized carbons (Fsp3) is 0.172. The molecule has 16 aromatic rings. The zero-order valence-electron chi connectivity index (χ0n) is 62.4. The van der Waals surface area contributed by atoms with Crippen LogP contribution in [-0.4, -0.2) is 120 Å². The third kappa shape index (κ3) is 17.8. The molecule has 574 valence electrons. The highest BCUT2D eigenvalue weighted by Gasteiger charge is 2.27. The van der Waals surface area contributed by atoms with E-state index < -0.39 is 6.11 Å². The van der Waals surface area contributed by atoms with Gasteiger partial charge in [0.05, 0.1) is 84.8 Å². The first-order valence-electron chi connectivity index (χ1n) is 35.6. The van der Waals surface area contributed by atoms with E-state index >= 15 is 0 Å². The number of pyridine rings is 8. The molecule has 0 unspecified atom stereocenters. The number of alkyl halides is 2. The molecule has 0 fully saturated rings. The Morgan fingerprint density at radius 2 is 0.655 bits per heavy atom. The first-order valence-corrected chi connectivity index (χ1v) is 36.8. The summed E-state index contributed by atoms with van der Waals surface area (Å²) in [6.45, 7) is 2.22. The van der Waals surface area contributed by atoms with Crippen LogP contribution in [0.1, 0.15) is 52.0 Å². The Labute approximate surface area is 662 Å². The van der Waals surface area contributed by atoms with Gasteiger partial charge < -0.3 is 67.1 Å². The highest BCUT2D eigenvalue weighted by Crippen LogP contribution is 2.41. The number of fused-ring (bicyclic) bond motifs is 4. The van der Waals surface area contributed by atoms with Gasteiger partial charge in [-0.1, -0.05) is 76.1 Å². The molecule has 0 saturated heterocycles. The minimum Gasteiger partial charge on any atom is -0.497 e. The molecule has 0 atom stereocenters. The molecule has 22 nitrogen and oxygen atoms in total. The molecule has 12 heterocycles. The van der Waals surface area contributed by atoms with Crippen molar-refractivity contribution >= 4 is 71.7 Å². The second kappa shape index (κ2) is 36.1. The van der Waals surface area contributed by atoms with Crippen LogP contribution in [0.4, 0.5) is 8.78 Å². The third-order valence-electron chi connectivity index (χ3n) is 18.7. The zero-order valence-corrected chi connectivity index (χ0v) is 64.7. The van der Waals surface area contributed by atoms with E-state index in [0.29, 0.717) is 73.0 Å². The number of benzene rings is 4. The summed E-state index contributed by atoms with van der Waals surface area (Å²) in [5.74, 6) is 3.00. The number of rotatable bonds is 23. The number of ether oxygens (including phenoxy) is 6. The molecular weight excluding hydrogens is 1530 g/mol. The van der Waals surface area contributed by atoms with Crippen molar-refractivity contribution in [3.63, 3.8) is 0 Å². The van der Waals surface area contributed by atoms with Crippen molar-refractivity contribution in [2.75, 3.05) is 35.5 Å². The van der Waals surface area contributed by atoms with Crippen LogP contribution in [0.25, 0.3) is 88.6 Å². The summed E-state index contributed by atoms with van der Waals surface area (Å²) in [5, 5.41) is 45.3. The van der Waals surface area contributed by atoms with Crippen LogP contribution in [0.3, 0.4) is 0 Å². The Bertz CT molecular complexity index is 5760. The molecule has 0 aliphatic heterocycles. The van der Waals surface area contributed by atoms with Crippen LogP contribution < -0.4 is 28.4 Å². The van der Waals surface area contributed by atoms with Gasteiger partial charge in [0.1, 0.15) is 34.1 Å². The second-order valence-corrected chi connectivity index (χ2v) is 27.1. The first-order chi connectivity index (χ1) is 55.1. The minimum absolute atomic E-state index is 0.0690. The summed E-state index contributed by atoms with van der Waals surface area (Å²) in [6.07, 6.45) is 10.7. The summed E-state index contributed by atoms with van der Waals surface area (Å²) in [7, 11) is 7.96. The van der Waals surface area contributed by atoms with Crippen molar-refractivity contribution in [2.24, 2.45) is 0 Å². The van der Waals surface area contributed by atoms with E-state index in [0.717, 1.165) is 133 Å². The van der Waals surface area contributed by atoms with Crippen molar-refractivity contribution in [3.8, 4) is 79.5 Å². The van der Waals surface area contributed by atoms with E-state index in [9.17, 15) is 29.2 Å². The molecule has 0 radical (unpaired) electrons.